The van der Waals surface area contributed by atoms with Crippen molar-refractivity contribution in [1.82, 2.24) is 5.32 Å². The molecular formula is C9H17NO3S. The molecule has 0 unspecified atom stereocenters. The Bertz CT molecular complexity index is 315. The minimum atomic E-state index is -2.91. The molecule has 1 saturated carbocycles. The smallest absolute Gasteiger partial charge is 0.222 e. The van der Waals surface area contributed by atoms with Gasteiger partial charge in [-0.1, -0.05) is 13.8 Å². The van der Waals surface area contributed by atoms with Crippen LogP contribution in [0.15, 0.2) is 0 Å². The summed E-state index contributed by atoms with van der Waals surface area (Å²) in [5.74, 6) is -0.0331. The van der Waals surface area contributed by atoms with Crippen molar-refractivity contribution < 1.29 is 13.2 Å². The van der Waals surface area contributed by atoms with E-state index in [-0.39, 0.29) is 23.1 Å². The van der Waals surface area contributed by atoms with Crippen LogP contribution in [0.1, 0.15) is 26.7 Å². The Kier molecular flexibility index (Phi) is 3.19. The summed E-state index contributed by atoms with van der Waals surface area (Å²) in [5.41, 5.74) is 0. The van der Waals surface area contributed by atoms with E-state index in [2.05, 4.69) is 5.32 Å². The maximum Gasteiger partial charge on any atom is 0.222 e. The van der Waals surface area contributed by atoms with Crippen LogP contribution >= 0.6 is 0 Å². The van der Waals surface area contributed by atoms with Crippen LogP contribution in [0.5, 0.6) is 0 Å². The maximum absolute atomic E-state index is 11.2. The molecule has 0 aromatic rings. The van der Waals surface area contributed by atoms with Crippen molar-refractivity contribution in [1.29, 1.82) is 0 Å². The first-order valence-corrected chi connectivity index (χ1v) is 6.75. The predicted octanol–water partition coefficient (Wildman–Crippen LogP) is 0.334. The van der Waals surface area contributed by atoms with Gasteiger partial charge in [0.2, 0.25) is 5.91 Å². The molecule has 0 aliphatic heterocycles. The van der Waals surface area contributed by atoms with Crippen molar-refractivity contribution in [3.05, 3.63) is 0 Å². The summed E-state index contributed by atoms with van der Waals surface area (Å²) in [6.45, 7) is 3.64. The molecule has 5 heteroatoms. The van der Waals surface area contributed by atoms with Crippen molar-refractivity contribution in [2.75, 3.05) is 6.26 Å². The van der Waals surface area contributed by atoms with Crippen molar-refractivity contribution in [3.8, 4) is 0 Å². The zero-order valence-corrected chi connectivity index (χ0v) is 9.60. The largest absolute Gasteiger partial charge is 0.353 e. The number of carbonyl (C=O) groups excluding carboxylic acids is 1. The monoisotopic (exact) mass is 219 g/mol. The van der Waals surface area contributed by atoms with Gasteiger partial charge in [0.05, 0.1) is 5.25 Å². The van der Waals surface area contributed by atoms with Crippen LogP contribution in [-0.4, -0.2) is 31.9 Å². The van der Waals surface area contributed by atoms with Gasteiger partial charge in [-0.15, -0.1) is 0 Å². The lowest BCUT2D eigenvalue weighted by Gasteiger charge is -2.34. The summed E-state index contributed by atoms with van der Waals surface area (Å²) in [6.07, 6.45) is 2.38. The number of hydrogen-bond donors (Lipinski definition) is 1. The van der Waals surface area contributed by atoms with Crippen LogP contribution in [0.4, 0.5) is 0 Å². The van der Waals surface area contributed by atoms with E-state index in [1.807, 2.05) is 13.8 Å². The standard InChI is InChI=1S/C9H17NO3S/c1-6(2)9(11)10-7-4-8(5-7)14(3,12)13/h6-8H,4-5H2,1-3H3,(H,10,11). The third kappa shape index (κ3) is 2.70. The van der Waals surface area contributed by atoms with Crippen molar-refractivity contribution in [2.24, 2.45) is 5.92 Å². The van der Waals surface area contributed by atoms with E-state index in [0.29, 0.717) is 12.8 Å². The van der Waals surface area contributed by atoms with Crippen molar-refractivity contribution >= 4 is 15.7 Å². The Morgan fingerprint density at radius 1 is 1.36 bits per heavy atom. The van der Waals surface area contributed by atoms with Crippen LogP contribution < -0.4 is 5.32 Å². The summed E-state index contributed by atoms with van der Waals surface area (Å²) in [5, 5.41) is 2.56. The zero-order chi connectivity index (χ0) is 10.9. The van der Waals surface area contributed by atoms with Gasteiger partial charge in [0, 0.05) is 18.2 Å². The van der Waals surface area contributed by atoms with Gasteiger partial charge in [-0.25, -0.2) is 8.42 Å². The number of nitrogens with one attached hydrogen (secondary N) is 1. The van der Waals surface area contributed by atoms with Crippen LogP contribution in [0.2, 0.25) is 0 Å². The quantitative estimate of drug-likeness (QED) is 0.744. The average Bonchev–Trinajstić information content (AvgIpc) is 1.92. The maximum atomic E-state index is 11.2. The highest BCUT2D eigenvalue weighted by molar-refractivity contribution is 7.91. The number of carbonyl (C=O) groups is 1. The van der Waals surface area contributed by atoms with E-state index in [1.165, 1.54) is 6.26 Å². The van der Waals surface area contributed by atoms with Crippen molar-refractivity contribution in [2.45, 2.75) is 38.0 Å². The van der Waals surface area contributed by atoms with Gasteiger partial charge >= 0.3 is 0 Å². The first-order valence-electron chi connectivity index (χ1n) is 4.80. The molecule has 1 amide bonds. The molecule has 82 valence electrons. The van der Waals surface area contributed by atoms with Gasteiger partial charge in [-0.3, -0.25) is 4.79 Å². The average molecular weight is 219 g/mol. The summed E-state index contributed by atoms with van der Waals surface area (Å²) < 4.78 is 22.1. The number of hydrogen-bond acceptors (Lipinski definition) is 3. The van der Waals surface area contributed by atoms with Gasteiger partial charge in [0.15, 0.2) is 0 Å². The highest BCUT2D eigenvalue weighted by Crippen LogP contribution is 2.26. The molecule has 0 aromatic heterocycles. The van der Waals surface area contributed by atoms with Gasteiger partial charge in [0.1, 0.15) is 9.84 Å². The second-order valence-electron chi connectivity index (χ2n) is 4.28. The molecule has 0 radical (unpaired) electrons. The first kappa shape index (κ1) is 11.5. The van der Waals surface area contributed by atoms with E-state index in [4.69, 9.17) is 0 Å². The Hall–Kier alpha value is -0.580. The molecule has 14 heavy (non-hydrogen) atoms. The molecule has 0 bridgehead atoms. The molecule has 1 fully saturated rings. The van der Waals surface area contributed by atoms with E-state index in [9.17, 15) is 13.2 Å². The van der Waals surface area contributed by atoms with Crippen LogP contribution in [0, 0.1) is 5.92 Å². The van der Waals surface area contributed by atoms with Gasteiger partial charge in [0.25, 0.3) is 0 Å². The van der Waals surface area contributed by atoms with Gasteiger partial charge in [-0.05, 0) is 12.8 Å². The summed E-state index contributed by atoms with van der Waals surface area (Å²) in [4.78, 5) is 11.2. The second-order valence-corrected chi connectivity index (χ2v) is 6.61. The van der Waals surface area contributed by atoms with Crippen LogP contribution in [-0.2, 0) is 14.6 Å². The van der Waals surface area contributed by atoms with Crippen molar-refractivity contribution in [3.63, 3.8) is 0 Å². The molecule has 0 aromatic carbocycles. The van der Waals surface area contributed by atoms with E-state index in [0.717, 1.165) is 0 Å². The summed E-state index contributed by atoms with van der Waals surface area (Å²) in [6, 6.07) is 0.0598. The SMILES string of the molecule is CC(C)C(=O)NC1CC(S(C)(=O)=O)C1. The van der Waals surface area contributed by atoms with E-state index < -0.39 is 9.84 Å². The van der Waals surface area contributed by atoms with Gasteiger partial charge < -0.3 is 5.32 Å². The highest BCUT2D eigenvalue weighted by atomic mass is 32.2. The second kappa shape index (κ2) is 3.88. The molecule has 1 N–H and O–H groups in total. The minimum Gasteiger partial charge on any atom is -0.353 e. The zero-order valence-electron chi connectivity index (χ0n) is 8.78. The lowest BCUT2D eigenvalue weighted by atomic mass is 9.92. The molecule has 0 saturated heterocycles. The Morgan fingerprint density at radius 3 is 2.21 bits per heavy atom. The fourth-order valence-corrected chi connectivity index (χ4v) is 2.56. The number of rotatable bonds is 3. The van der Waals surface area contributed by atoms with E-state index in [1.54, 1.807) is 0 Å². The molecule has 4 nitrogen and oxygen atoms in total. The molecular weight excluding hydrogens is 202 g/mol. The molecule has 1 rings (SSSR count). The van der Waals surface area contributed by atoms with Crippen LogP contribution in [0.3, 0.4) is 0 Å². The highest BCUT2D eigenvalue weighted by Gasteiger charge is 2.37. The molecule has 0 atom stereocenters. The lowest BCUT2D eigenvalue weighted by molar-refractivity contribution is -0.125. The predicted molar refractivity (Wildman–Crippen MR) is 54.6 cm³/mol. The number of sulfone groups is 1. The van der Waals surface area contributed by atoms with E-state index >= 15 is 0 Å². The fraction of sp³-hybridized carbons (Fsp3) is 0.889. The van der Waals surface area contributed by atoms with Gasteiger partial charge in [-0.2, -0.15) is 0 Å². The fourth-order valence-electron chi connectivity index (χ4n) is 1.40. The molecule has 0 heterocycles. The Balaban J connectivity index is 2.33. The Labute approximate surface area is 85.0 Å². The first-order chi connectivity index (χ1) is 6.30. The third-order valence-electron chi connectivity index (χ3n) is 2.57. The molecule has 0 spiro atoms. The number of amides is 1. The summed E-state index contributed by atoms with van der Waals surface area (Å²) in [7, 11) is -2.91. The third-order valence-corrected chi connectivity index (χ3v) is 4.17. The molecule has 1 aliphatic carbocycles. The lowest BCUT2D eigenvalue weighted by Crippen LogP contribution is -2.50. The molecule has 1 aliphatic rings. The normalized spacial score (nSPS) is 27.1. The minimum absolute atomic E-state index is 0.00181. The topological polar surface area (TPSA) is 63.2 Å². The summed E-state index contributed by atoms with van der Waals surface area (Å²) >= 11 is 0. The Morgan fingerprint density at radius 2 is 1.86 bits per heavy atom. The van der Waals surface area contributed by atoms with Crippen LogP contribution in [0.25, 0.3) is 0 Å².